The summed E-state index contributed by atoms with van der Waals surface area (Å²) in [6.45, 7) is -0.0254. The van der Waals surface area contributed by atoms with Gasteiger partial charge in [0, 0.05) is 30.8 Å². The van der Waals surface area contributed by atoms with E-state index in [2.05, 4.69) is 15.0 Å². The monoisotopic (exact) mass is 541 g/mol. The molecule has 1 saturated carbocycles. The average molecular weight is 542 g/mol. The molecule has 5 rings (SSSR count). The molecule has 194 valence electrons. The molecule has 1 fully saturated rings. The zero-order chi connectivity index (χ0) is 26.2. The molecule has 0 radical (unpaired) electrons. The van der Waals surface area contributed by atoms with Gasteiger partial charge in [-0.05, 0) is 35.6 Å². The molecule has 3 N–H and O–H groups in total. The molecule has 37 heavy (non-hydrogen) atoms. The van der Waals surface area contributed by atoms with Crippen molar-refractivity contribution in [1.29, 1.82) is 0 Å². The van der Waals surface area contributed by atoms with E-state index >= 15 is 0 Å². The summed E-state index contributed by atoms with van der Waals surface area (Å²) in [5.41, 5.74) is 5.28. The fraction of sp³-hybridized carbons (Fsp3) is 0.333. The number of aromatic amines is 1. The summed E-state index contributed by atoms with van der Waals surface area (Å²) in [6.07, 6.45) is 2.29. The number of ether oxygens (including phenoxy) is 1. The molecular weight excluding hydrogens is 514 g/mol. The number of aliphatic hydroxyl groups excluding tert-OH is 2. The number of sulfone groups is 1. The summed E-state index contributed by atoms with van der Waals surface area (Å²) in [5, 5.41) is 20.0. The number of fused-ring (bicyclic) bond motifs is 1. The normalized spacial score (nSPS) is 20.3. The van der Waals surface area contributed by atoms with Gasteiger partial charge in [0.25, 0.3) is 6.01 Å². The quantitative estimate of drug-likeness (QED) is 0.317. The third-order valence-corrected chi connectivity index (χ3v) is 7.85. The smallest absolute Gasteiger partial charge is 0.296 e. The molecule has 0 saturated heterocycles. The van der Waals surface area contributed by atoms with Crippen LogP contribution in [0.2, 0.25) is 5.02 Å². The minimum Gasteiger partial charge on any atom is -0.461 e. The van der Waals surface area contributed by atoms with Gasteiger partial charge in [0.1, 0.15) is 6.10 Å². The Balaban J connectivity index is 1.32. The topological polar surface area (TPSA) is 125 Å². The van der Waals surface area contributed by atoms with Crippen molar-refractivity contribution in [3.05, 3.63) is 65.2 Å². The van der Waals surface area contributed by atoms with Crippen LogP contribution in [0.25, 0.3) is 33.5 Å². The van der Waals surface area contributed by atoms with Gasteiger partial charge in [-0.3, -0.25) is 0 Å². The first-order valence-electron chi connectivity index (χ1n) is 12.1. The summed E-state index contributed by atoms with van der Waals surface area (Å²) < 4.78 is 29.0. The maximum Gasteiger partial charge on any atom is 0.296 e. The summed E-state index contributed by atoms with van der Waals surface area (Å²) in [5.74, 6) is -0.0878. The van der Waals surface area contributed by atoms with Crippen molar-refractivity contribution >= 4 is 32.6 Å². The largest absolute Gasteiger partial charge is 0.461 e. The van der Waals surface area contributed by atoms with Crippen LogP contribution < -0.4 is 4.74 Å². The molecule has 2 aromatic carbocycles. The van der Waals surface area contributed by atoms with Crippen LogP contribution in [-0.4, -0.2) is 58.7 Å². The van der Waals surface area contributed by atoms with Crippen molar-refractivity contribution in [1.82, 2.24) is 15.0 Å². The molecule has 10 heteroatoms. The van der Waals surface area contributed by atoms with E-state index in [0.717, 1.165) is 28.7 Å². The molecule has 3 atom stereocenters. The van der Waals surface area contributed by atoms with Crippen LogP contribution >= 0.6 is 11.6 Å². The first kappa shape index (κ1) is 25.7. The van der Waals surface area contributed by atoms with Crippen LogP contribution in [0.3, 0.4) is 0 Å². The Kier molecular flexibility index (Phi) is 7.22. The van der Waals surface area contributed by atoms with Gasteiger partial charge >= 0.3 is 0 Å². The maximum atomic E-state index is 11.5. The van der Waals surface area contributed by atoms with Crippen molar-refractivity contribution in [2.24, 2.45) is 5.92 Å². The number of aliphatic hydroxyl groups is 2. The lowest BCUT2D eigenvalue weighted by Crippen LogP contribution is -2.36. The van der Waals surface area contributed by atoms with E-state index in [-0.39, 0.29) is 24.4 Å². The van der Waals surface area contributed by atoms with E-state index in [4.69, 9.17) is 16.3 Å². The number of benzene rings is 2. The zero-order valence-electron chi connectivity index (χ0n) is 20.3. The third-order valence-electron chi connectivity index (χ3n) is 6.70. The van der Waals surface area contributed by atoms with E-state index in [1.54, 1.807) is 6.07 Å². The molecule has 0 unspecified atom stereocenters. The second-order valence-electron chi connectivity index (χ2n) is 9.64. The number of imidazole rings is 1. The average Bonchev–Trinajstić information content (AvgIpc) is 3.24. The van der Waals surface area contributed by atoms with Crippen molar-refractivity contribution in [3.63, 3.8) is 0 Å². The molecule has 0 aliphatic heterocycles. The van der Waals surface area contributed by atoms with Crippen molar-refractivity contribution in [2.45, 2.75) is 37.2 Å². The number of nitrogens with zero attached hydrogens (tertiary/aromatic N) is 2. The number of pyridine rings is 1. The highest BCUT2D eigenvalue weighted by atomic mass is 35.5. The summed E-state index contributed by atoms with van der Waals surface area (Å²) in [6, 6.07) is 17.4. The van der Waals surface area contributed by atoms with Gasteiger partial charge in [-0.2, -0.15) is 4.98 Å². The standard InChI is InChI=1S/C27H28ClN3O5S/c1-37(34,35)15-16-2-4-17(5-3-16)18-6-8-19(9-7-18)25-22(28)13-23-26(30-25)31-27(29-23)36-21-11-10-20(14-32)24(33)12-21/h2-9,13,20-21,24,32-33H,10-12,14-15H2,1H3,(H,29,30,31)/t20-,21+,24+/m1/s1. The van der Waals surface area contributed by atoms with Crippen molar-refractivity contribution in [2.75, 3.05) is 12.9 Å². The van der Waals surface area contributed by atoms with Crippen LogP contribution in [0.15, 0.2) is 54.6 Å². The number of hydrogen-bond acceptors (Lipinski definition) is 7. The number of halogens is 1. The van der Waals surface area contributed by atoms with Crippen LogP contribution in [0.1, 0.15) is 24.8 Å². The fourth-order valence-electron chi connectivity index (χ4n) is 4.72. The second kappa shape index (κ2) is 10.4. The molecule has 0 amide bonds. The lowest BCUT2D eigenvalue weighted by atomic mass is 9.85. The van der Waals surface area contributed by atoms with E-state index in [0.29, 0.717) is 40.7 Å². The molecular formula is C27H28ClN3O5S. The maximum absolute atomic E-state index is 11.5. The van der Waals surface area contributed by atoms with Gasteiger partial charge in [-0.1, -0.05) is 60.1 Å². The van der Waals surface area contributed by atoms with E-state index < -0.39 is 15.9 Å². The lowest BCUT2D eigenvalue weighted by Gasteiger charge is -2.31. The Morgan fingerprint density at radius 3 is 2.30 bits per heavy atom. The molecule has 4 aromatic rings. The van der Waals surface area contributed by atoms with E-state index in [9.17, 15) is 18.6 Å². The van der Waals surface area contributed by atoms with E-state index in [1.165, 1.54) is 6.26 Å². The Morgan fingerprint density at radius 1 is 1.03 bits per heavy atom. The van der Waals surface area contributed by atoms with Crippen LogP contribution in [-0.2, 0) is 15.6 Å². The first-order valence-corrected chi connectivity index (χ1v) is 14.5. The van der Waals surface area contributed by atoms with E-state index in [1.807, 2.05) is 48.5 Å². The van der Waals surface area contributed by atoms with Crippen molar-refractivity contribution < 1.29 is 23.4 Å². The zero-order valence-corrected chi connectivity index (χ0v) is 21.8. The number of aromatic nitrogens is 3. The third kappa shape index (κ3) is 5.96. The van der Waals surface area contributed by atoms with Gasteiger partial charge in [-0.25, -0.2) is 13.4 Å². The Morgan fingerprint density at radius 2 is 1.68 bits per heavy atom. The highest BCUT2D eigenvalue weighted by Crippen LogP contribution is 2.32. The minimum absolute atomic E-state index is 0.0194. The molecule has 1 aliphatic carbocycles. The second-order valence-corrected chi connectivity index (χ2v) is 12.2. The molecule has 2 aromatic heterocycles. The highest BCUT2D eigenvalue weighted by Gasteiger charge is 2.30. The fourth-order valence-corrected chi connectivity index (χ4v) is 5.78. The highest BCUT2D eigenvalue weighted by molar-refractivity contribution is 7.89. The van der Waals surface area contributed by atoms with Gasteiger partial charge in [0.2, 0.25) is 0 Å². The number of rotatable bonds is 7. The predicted molar refractivity (Wildman–Crippen MR) is 143 cm³/mol. The van der Waals surface area contributed by atoms with Crippen LogP contribution in [0, 0.1) is 5.92 Å². The van der Waals surface area contributed by atoms with Gasteiger partial charge in [0.05, 0.1) is 28.1 Å². The Hall–Kier alpha value is -2.98. The summed E-state index contributed by atoms with van der Waals surface area (Å²) in [7, 11) is -3.08. The number of nitrogens with one attached hydrogen (secondary N) is 1. The molecule has 1 aliphatic rings. The van der Waals surface area contributed by atoms with Crippen LogP contribution in [0.4, 0.5) is 0 Å². The molecule has 8 nitrogen and oxygen atoms in total. The lowest BCUT2D eigenvalue weighted by molar-refractivity contribution is -0.0113. The minimum atomic E-state index is -3.08. The summed E-state index contributed by atoms with van der Waals surface area (Å²) >= 11 is 6.56. The summed E-state index contributed by atoms with van der Waals surface area (Å²) in [4.78, 5) is 12.2. The number of H-pyrrole nitrogens is 1. The van der Waals surface area contributed by atoms with Gasteiger partial charge in [0.15, 0.2) is 15.5 Å². The van der Waals surface area contributed by atoms with Gasteiger partial charge < -0.3 is 19.9 Å². The first-order chi connectivity index (χ1) is 17.7. The Bertz CT molecular complexity index is 1500. The molecule has 2 heterocycles. The number of hydrogen-bond donors (Lipinski definition) is 3. The Labute approximate surface area is 220 Å². The van der Waals surface area contributed by atoms with Gasteiger partial charge in [-0.15, -0.1) is 0 Å². The molecule has 0 bridgehead atoms. The van der Waals surface area contributed by atoms with Crippen molar-refractivity contribution in [3.8, 4) is 28.4 Å². The predicted octanol–water partition coefficient (Wildman–Crippen LogP) is 4.39. The SMILES string of the molecule is CS(=O)(=O)Cc1ccc(-c2ccc(-c3nc4nc(O[C@H]5CC[C@H](CO)[C@@H](O)C5)[nH]c4cc3Cl)cc2)cc1. The molecule has 0 spiro atoms. The van der Waals surface area contributed by atoms with Crippen LogP contribution in [0.5, 0.6) is 6.01 Å².